The van der Waals surface area contributed by atoms with Crippen LogP contribution in [0.15, 0.2) is 78.9 Å². The number of amides is 1. The number of rotatable bonds is 5. The SMILES string of the molecule is N#Cc1ccc(O[C@H](C(=O)Nc2ccc(F)cc2)c2ccccc2)cc1. The third-order valence-electron chi connectivity index (χ3n) is 3.69. The number of ether oxygens (including phenoxy) is 1. The summed E-state index contributed by atoms with van der Waals surface area (Å²) < 4.78 is 18.9. The van der Waals surface area contributed by atoms with Gasteiger partial charge in [0.1, 0.15) is 11.6 Å². The molecule has 3 aromatic carbocycles. The minimum Gasteiger partial charge on any atom is -0.476 e. The summed E-state index contributed by atoms with van der Waals surface area (Å²) in [6.07, 6.45) is -0.894. The van der Waals surface area contributed by atoms with E-state index in [0.29, 0.717) is 22.6 Å². The van der Waals surface area contributed by atoms with Gasteiger partial charge < -0.3 is 10.1 Å². The molecule has 0 spiro atoms. The van der Waals surface area contributed by atoms with Crippen molar-refractivity contribution in [3.8, 4) is 11.8 Å². The smallest absolute Gasteiger partial charge is 0.270 e. The van der Waals surface area contributed by atoms with Crippen LogP contribution in [0.2, 0.25) is 0 Å². The Morgan fingerprint density at radius 3 is 2.23 bits per heavy atom. The average Bonchev–Trinajstić information content (AvgIpc) is 2.69. The van der Waals surface area contributed by atoms with Crippen molar-refractivity contribution >= 4 is 11.6 Å². The van der Waals surface area contributed by atoms with E-state index in [-0.39, 0.29) is 11.7 Å². The maximum Gasteiger partial charge on any atom is 0.270 e. The molecule has 0 fully saturated rings. The molecule has 4 nitrogen and oxygen atoms in total. The number of halogens is 1. The number of benzene rings is 3. The molecule has 1 N–H and O–H groups in total. The quantitative estimate of drug-likeness (QED) is 0.742. The Kier molecular flexibility index (Phi) is 5.25. The summed E-state index contributed by atoms with van der Waals surface area (Å²) in [4.78, 5) is 12.7. The Bertz CT molecular complexity index is 917. The Morgan fingerprint density at radius 1 is 0.962 bits per heavy atom. The van der Waals surface area contributed by atoms with E-state index in [0.717, 1.165) is 0 Å². The molecule has 0 unspecified atom stereocenters. The maximum atomic E-state index is 13.0. The van der Waals surface area contributed by atoms with Gasteiger partial charge in [0.2, 0.25) is 6.10 Å². The van der Waals surface area contributed by atoms with E-state index in [1.807, 2.05) is 24.3 Å². The number of hydrogen-bond acceptors (Lipinski definition) is 3. The second-order valence-corrected chi connectivity index (χ2v) is 5.54. The van der Waals surface area contributed by atoms with Gasteiger partial charge in [0.25, 0.3) is 5.91 Å². The molecular weight excluding hydrogens is 331 g/mol. The molecule has 0 aliphatic heterocycles. The van der Waals surface area contributed by atoms with Crippen LogP contribution in [0.5, 0.6) is 5.75 Å². The number of nitriles is 1. The van der Waals surface area contributed by atoms with Gasteiger partial charge in [-0.25, -0.2) is 4.39 Å². The van der Waals surface area contributed by atoms with Gasteiger partial charge in [-0.15, -0.1) is 0 Å². The Labute approximate surface area is 150 Å². The Hall–Kier alpha value is -3.65. The maximum absolute atomic E-state index is 13.0. The number of hydrogen-bond donors (Lipinski definition) is 1. The van der Waals surface area contributed by atoms with Gasteiger partial charge in [0.05, 0.1) is 11.6 Å². The van der Waals surface area contributed by atoms with Crippen molar-refractivity contribution in [2.45, 2.75) is 6.10 Å². The van der Waals surface area contributed by atoms with Crippen molar-refractivity contribution in [1.29, 1.82) is 5.26 Å². The van der Waals surface area contributed by atoms with Crippen molar-refractivity contribution in [2.75, 3.05) is 5.32 Å². The fraction of sp³-hybridized carbons (Fsp3) is 0.0476. The lowest BCUT2D eigenvalue weighted by Crippen LogP contribution is -2.25. The van der Waals surface area contributed by atoms with Gasteiger partial charge in [-0.2, -0.15) is 5.26 Å². The van der Waals surface area contributed by atoms with Crippen LogP contribution in [0.4, 0.5) is 10.1 Å². The zero-order valence-corrected chi connectivity index (χ0v) is 13.7. The van der Waals surface area contributed by atoms with Gasteiger partial charge in [0.15, 0.2) is 0 Å². The predicted octanol–water partition coefficient (Wildman–Crippen LogP) is 4.46. The van der Waals surface area contributed by atoms with Crippen LogP contribution in [0.3, 0.4) is 0 Å². The van der Waals surface area contributed by atoms with Crippen molar-refractivity contribution in [3.63, 3.8) is 0 Å². The lowest BCUT2D eigenvalue weighted by atomic mass is 10.1. The monoisotopic (exact) mass is 346 g/mol. The standard InChI is InChI=1S/C21H15FN2O2/c22-17-8-10-18(11-9-17)24-21(25)20(16-4-2-1-3-5-16)26-19-12-6-15(14-23)7-13-19/h1-13,20H,(H,24,25)/t20-/m0/s1. The van der Waals surface area contributed by atoms with Crippen molar-refractivity contribution in [3.05, 3.63) is 95.8 Å². The van der Waals surface area contributed by atoms with Gasteiger partial charge >= 0.3 is 0 Å². The highest BCUT2D eigenvalue weighted by atomic mass is 19.1. The highest BCUT2D eigenvalue weighted by Gasteiger charge is 2.23. The van der Waals surface area contributed by atoms with Gasteiger partial charge in [-0.05, 0) is 48.5 Å². The third-order valence-corrected chi connectivity index (χ3v) is 3.69. The minimum absolute atomic E-state index is 0.378. The average molecular weight is 346 g/mol. The first-order valence-corrected chi connectivity index (χ1v) is 7.94. The second-order valence-electron chi connectivity index (χ2n) is 5.54. The summed E-state index contributed by atoms with van der Waals surface area (Å²) in [5.41, 5.74) is 1.65. The number of anilines is 1. The molecule has 0 saturated heterocycles. The lowest BCUT2D eigenvalue weighted by Gasteiger charge is -2.19. The number of nitrogens with one attached hydrogen (secondary N) is 1. The molecule has 0 aromatic heterocycles. The van der Waals surface area contributed by atoms with Crippen molar-refractivity contribution in [1.82, 2.24) is 0 Å². The van der Waals surface area contributed by atoms with Crippen LogP contribution in [-0.2, 0) is 4.79 Å². The van der Waals surface area contributed by atoms with E-state index in [4.69, 9.17) is 10.00 Å². The molecular formula is C21H15FN2O2. The highest BCUT2D eigenvalue weighted by molar-refractivity contribution is 5.95. The summed E-state index contributed by atoms with van der Waals surface area (Å²) in [5, 5.41) is 11.6. The normalized spacial score (nSPS) is 11.2. The van der Waals surface area contributed by atoms with Crippen LogP contribution in [-0.4, -0.2) is 5.91 Å². The molecule has 0 bridgehead atoms. The van der Waals surface area contributed by atoms with E-state index in [1.165, 1.54) is 24.3 Å². The molecule has 0 saturated carbocycles. The molecule has 0 radical (unpaired) electrons. The minimum atomic E-state index is -0.894. The van der Waals surface area contributed by atoms with Crippen molar-refractivity contribution < 1.29 is 13.9 Å². The van der Waals surface area contributed by atoms with E-state index in [1.54, 1.807) is 36.4 Å². The molecule has 3 rings (SSSR count). The van der Waals surface area contributed by atoms with Gasteiger partial charge in [-0.1, -0.05) is 30.3 Å². The number of carbonyl (C=O) groups excluding carboxylic acids is 1. The number of carbonyl (C=O) groups is 1. The fourth-order valence-electron chi connectivity index (χ4n) is 2.39. The lowest BCUT2D eigenvalue weighted by molar-refractivity contribution is -0.123. The molecule has 128 valence electrons. The zero-order chi connectivity index (χ0) is 18.4. The first-order valence-electron chi connectivity index (χ1n) is 7.94. The summed E-state index contributed by atoms with van der Waals surface area (Å²) in [7, 11) is 0. The van der Waals surface area contributed by atoms with Crippen LogP contribution in [0.25, 0.3) is 0 Å². The molecule has 5 heteroatoms. The highest BCUT2D eigenvalue weighted by Crippen LogP contribution is 2.24. The molecule has 26 heavy (non-hydrogen) atoms. The van der Waals surface area contributed by atoms with Gasteiger partial charge in [-0.3, -0.25) is 4.79 Å². The third kappa shape index (κ3) is 4.25. The summed E-state index contributed by atoms with van der Waals surface area (Å²) in [5.74, 6) is -0.296. The van der Waals surface area contributed by atoms with E-state index < -0.39 is 6.10 Å². The van der Waals surface area contributed by atoms with Crippen molar-refractivity contribution in [2.24, 2.45) is 0 Å². The molecule has 1 amide bonds. The van der Waals surface area contributed by atoms with Crippen LogP contribution >= 0.6 is 0 Å². The molecule has 0 heterocycles. The molecule has 1 atom stereocenters. The topological polar surface area (TPSA) is 62.1 Å². The summed E-state index contributed by atoms with van der Waals surface area (Å²) in [6, 6.07) is 23.1. The molecule has 3 aromatic rings. The Balaban J connectivity index is 1.84. The van der Waals surface area contributed by atoms with Crippen LogP contribution in [0.1, 0.15) is 17.2 Å². The largest absolute Gasteiger partial charge is 0.476 e. The van der Waals surface area contributed by atoms with E-state index >= 15 is 0 Å². The van der Waals surface area contributed by atoms with Crippen LogP contribution in [0, 0.1) is 17.1 Å². The second kappa shape index (κ2) is 7.95. The van der Waals surface area contributed by atoms with Gasteiger partial charge in [0, 0.05) is 11.3 Å². The summed E-state index contributed by atoms with van der Waals surface area (Å²) >= 11 is 0. The van der Waals surface area contributed by atoms with Crippen LogP contribution < -0.4 is 10.1 Å². The zero-order valence-electron chi connectivity index (χ0n) is 13.7. The molecule has 0 aliphatic rings. The van der Waals surface area contributed by atoms with E-state index in [9.17, 15) is 9.18 Å². The fourth-order valence-corrected chi connectivity index (χ4v) is 2.39. The Morgan fingerprint density at radius 2 is 1.62 bits per heavy atom. The van der Waals surface area contributed by atoms with E-state index in [2.05, 4.69) is 5.32 Å². The first-order chi connectivity index (χ1) is 12.7. The predicted molar refractivity (Wildman–Crippen MR) is 96.0 cm³/mol. The number of nitrogens with zero attached hydrogens (tertiary/aromatic N) is 1. The molecule has 0 aliphatic carbocycles. The first kappa shape index (κ1) is 17.2. The summed E-state index contributed by atoms with van der Waals surface area (Å²) in [6.45, 7) is 0.